The van der Waals surface area contributed by atoms with Crippen molar-refractivity contribution in [3.8, 4) is 0 Å². The van der Waals surface area contributed by atoms with Crippen molar-refractivity contribution in [2.75, 3.05) is 0 Å². The Hall–Kier alpha value is -0.530. The van der Waals surface area contributed by atoms with Crippen molar-refractivity contribution in [2.24, 2.45) is 21.9 Å². The molecule has 1 N–H and O–H groups in total. The van der Waals surface area contributed by atoms with E-state index >= 15 is 0 Å². The first kappa shape index (κ1) is 8.09. The Bertz CT molecular complexity index is 237. The van der Waals surface area contributed by atoms with Gasteiger partial charge in [0.25, 0.3) is 0 Å². The van der Waals surface area contributed by atoms with Gasteiger partial charge in [-0.2, -0.15) is 0 Å². The van der Waals surface area contributed by atoms with E-state index in [1.165, 1.54) is 19.3 Å². The van der Waals surface area contributed by atoms with Crippen molar-refractivity contribution in [3.05, 3.63) is 0 Å². The lowest BCUT2D eigenvalue weighted by molar-refractivity contribution is 0.279. The highest BCUT2D eigenvalue weighted by molar-refractivity contribution is 5.97. The SMILES string of the molecule is CC1(C)/C(=N/O)[C@]2(C)CC[C@@H]1C2. The Morgan fingerprint density at radius 2 is 2.08 bits per heavy atom. The third-order valence-electron chi connectivity index (χ3n) is 4.04. The highest BCUT2D eigenvalue weighted by Gasteiger charge is 2.57. The monoisotopic (exact) mass is 167 g/mol. The van der Waals surface area contributed by atoms with Gasteiger partial charge in [-0.3, -0.25) is 0 Å². The van der Waals surface area contributed by atoms with Gasteiger partial charge in [0.2, 0.25) is 0 Å². The summed E-state index contributed by atoms with van der Waals surface area (Å²) in [6.07, 6.45) is 3.74. The van der Waals surface area contributed by atoms with Crippen molar-refractivity contribution in [1.29, 1.82) is 0 Å². The largest absolute Gasteiger partial charge is 0.411 e. The zero-order chi connectivity index (χ0) is 8.98. The van der Waals surface area contributed by atoms with E-state index in [0.29, 0.717) is 0 Å². The van der Waals surface area contributed by atoms with Gasteiger partial charge in [-0.15, -0.1) is 0 Å². The van der Waals surface area contributed by atoms with E-state index in [0.717, 1.165) is 11.6 Å². The molecule has 12 heavy (non-hydrogen) atoms. The Balaban J connectivity index is 2.45. The molecule has 2 fully saturated rings. The summed E-state index contributed by atoms with van der Waals surface area (Å²) in [5.74, 6) is 0.744. The van der Waals surface area contributed by atoms with Gasteiger partial charge in [-0.25, -0.2) is 0 Å². The first-order valence-corrected chi connectivity index (χ1v) is 4.74. The van der Waals surface area contributed by atoms with E-state index < -0.39 is 0 Å². The third-order valence-corrected chi connectivity index (χ3v) is 4.04. The van der Waals surface area contributed by atoms with Gasteiger partial charge in [0.05, 0.1) is 5.71 Å². The quantitative estimate of drug-likeness (QED) is 0.436. The van der Waals surface area contributed by atoms with Crippen LogP contribution in [0.2, 0.25) is 0 Å². The molecule has 2 rings (SSSR count). The van der Waals surface area contributed by atoms with Crippen LogP contribution in [0.1, 0.15) is 40.0 Å². The molecule has 0 radical (unpaired) electrons. The summed E-state index contributed by atoms with van der Waals surface area (Å²) in [6.45, 7) is 6.64. The minimum absolute atomic E-state index is 0.141. The lowest BCUT2D eigenvalue weighted by Crippen LogP contribution is -2.35. The summed E-state index contributed by atoms with van der Waals surface area (Å²) in [7, 11) is 0. The smallest absolute Gasteiger partial charge is 0.0688 e. The molecule has 2 atom stereocenters. The molecule has 0 spiro atoms. The van der Waals surface area contributed by atoms with E-state index in [2.05, 4.69) is 25.9 Å². The van der Waals surface area contributed by atoms with E-state index in [4.69, 9.17) is 5.21 Å². The fourth-order valence-corrected chi connectivity index (χ4v) is 3.29. The summed E-state index contributed by atoms with van der Waals surface area (Å²) in [6, 6.07) is 0. The molecule has 68 valence electrons. The maximum atomic E-state index is 8.98. The number of oxime groups is 1. The lowest BCUT2D eigenvalue weighted by Gasteiger charge is -2.33. The second kappa shape index (κ2) is 2.04. The van der Waals surface area contributed by atoms with Crippen molar-refractivity contribution in [1.82, 2.24) is 0 Å². The minimum Gasteiger partial charge on any atom is -0.411 e. The predicted octanol–water partition coefficient (Wildman–Crippen LogP) is 2.66. The van der Waals surface area contributed by atoms with Crippen LogP contribution in [0.15, 0.2) is 5.16 Å². The second-order valence-electron chi connectivity index (χ2n) is 5.17. The first-order chi connectivity index (χ1) is 5.50. The summed E-state index contributed by atoms with van der Waals surface area (Å²) >= 11 is 0. The van der Waals surface area contributed by atoms with Gasteiger partial charge in [0.15, 0.2) is 0 Å². The van der Waals surface area contributed by atoms with Crippen LogP contribution in [-0.2, 0) is 0 Å². The molecule has 2 nitrogen and oxygen atoms in total. The van der Waals surface area contributed by atoms with Crippen LogP contribution >= 0.6 is 0 Å². The average molecular weight is 167 g/mol. The maximum Gasteiger partial charge on any atom is 0.0688 e. The van der Waals surface area contributed by atoms with Crippen LogP contribution in [0.25, 0.3) is 0 Å². The normalized spacial score (nSPS) is 47.2. The molecule has 0 aromatic rings. The van der Waals surface area contributed by atoms with Crippen molar-refractivity contribution < 1.29 is 5.21 Å². The molecule has 0 aromatic heterocycles. The van der Waals surface area contributed by atoms with Gasteiger partial charge >= 0.3 is 0 Å². The van der Waals surface area contributed by atoms with Crippen molar-refractivity contribution in [2.45, 2.75) is 40.0 Å². The Morgan fingerprint density at radius 3 is 2.42 bits per heavy atom. The van der Waals surface area contributed by atoms with Crippen LogP contribution in [-0.4, -0.2) is 10.9 Å². The molecule has 0 saturated heterocycles. The topological polar surface area (TPSA) is 32.6 Å². The van der Waals surface area contributed by atoms with Crippen LogP contribution in [0.5, 0.6) is 0 Å². The first-order valence-electron chi connectivity index (χ1n) is 4.74. The zero-order valence-electron chi connectivity index (χ0n) is 8.09. The number of hydrogen-bond donors (Lipinski definition) is 1. The summed E-state index contributed by atoms with van der Waals surface area (Å²) in [4.78, 5) is 0. The molecule has 2 heteroatoms. The van der Waals surface area contributed by atoms with E-state index in [1.54, 1.807) is 0 Å². The second-order valence-corrected chi connectivity index (χ2v) is 5.17. The maximum absolute atomic E-state index is 8.98. The van der Waals surface area contributed by atoms with E-state index in [-0.39, 0.29) is 10.8 Å². The fourth-order valence-electron chi connectivity index (χ4n) is 3.29. The van der Waals surface area contributed by atoms with Crippen LogP contribution in [0.3, 0.4) is 0 Å². The van der Waals surface area contributed by atoms with Crippen molar-refractivity contribution >= 4 is 5.71 Å². The van der Waals surface area contributed by atoms with Crippen LogP contribution in [0, 0.1) is 16.7 Å². The summed E-state index contributed by atoms with van der Waals surface area (Å²) in [5.41, 5.74) is 1.39. The lowest BCUT2D eigenvalue weighted by atomic mass is 9.71. The zero-order valence-corrected chi connectivity index (χ0v) is 8.09. The highest BCUT2D eigenvalue weighted by Crippen LogP contribution is 2.60. The molecule has 0 heterocycles. The number of nitrogens with zero attached hydrogens (tertiary/aromatic N) is 1. The molecule has 0 aliphatic heterocycles. The van der Waals surface area contributed by atoms with Crippen molar-refractivity contribution in [3.63, 3.8) is 0 Å². The van der Waals surface area contributed by atoms with Gasteiger partial charge in [-0.1, -0.05) is 25.9 Å². The Morgan fingerprint density at radius 1 is 1.42 bits per heavy atom. The average Bonchev–Trinajstić information content (AvgIpc) is 2.39. The predicted molar refractivity (Wildman–Crippen MR) is 48.5 cm³/mol. The molecule has 0 amide bonds. The van der Waals surface area contributed by atoms with Crippen LogP contribution in [0.4, 0.5) is 0 Å². The highest BCUT2D eigenvalue weighted by atomic mass is 16.4. The summed E-state index contributed by atoms with van der Waals surface area (Å²) < 4.78 is 0. The van der Waals surface area contributed by atoms with Gasteiger partial charge < -0.3 is 5.21 Å². The number of fused-ring (bicyclic) bond motifs is 2. The molecule has 0 unspecified atom stereocenters. The van der Waals surface area contributed by atoms with Crippen LogP contribution < -0.4 is 0 Å². The molecular formula is C10H17NO. The minimum atomic E-state index is 0.141. The number of hydrogen-bond acceptors (Lipinski definition) is 2. The molecule has 0 aromatic carbocycles. The van der Waals surface area contributed by atoms with E-state index in [9.17, 15) is 0 Å². The van der Waals surface area contributed by atoms with Gasteiger partial charge in [-0.05, 0) is 25.2 Å². The van der Waals surface area contributed by atoms with Gasteiger partial charge in [0, 0.05) is 10.8 Å². The van der Waals surface area contributed by atoms with Gasteiger partial charge in [0.1, 0.15) is 0 Å². The molecule has 2 bridgehead atoms. The molecule has 2 aliphatic rings. The standard InChI is InChI=1S/C10H17NO/c1-9(2)7-4-5-10(3,6-7)8(9)11-12/h7,12H,4-6H2,1-3H3/b11-8-/t7-,10-/m1/s1. The number of rotatable bonds is 0. The van der Waals surface area contributed by atoms with E-state index in [1.807, 2.05) is 0 Å². The fraction of sp³-hybridized carbons (Fsp3) is 0.900. The Kier molecular flexibility index (Phi) is 1.37. The molecule has 2 saturated carbocycles. The third kappa shape index (κ3) is 0.732. The molecular weight excluding hydrogens is 150 g/mol. The Labute approximate surface area is 73.7 Å². The summed E-state index contributed by atoms with van der Waals surface area (Å²) in [5, 5.41) is 12.5. The molecule has 2 aliphatic carbocycles.